The molecule has 0 radical (unpaired) electrons. The van der Waals surface area contributed by atoms with E-state index in [0.29, 0.717) is 35.5 Å². The van der Waals surface area contributed by atoms with Crippen molar-refractivity contribution < 1.29 is 18.3 Å². The Morgan fingerprint density at radius 3 is 1.67 bits per heavy atom. The van der Waals surface area contributed by atoms with Gasteiger partial charge in [-0.15, -0.1) is 0 Å². The van der Waals surface area contributed by atoms with Gasteiger partial charge < -0.3 is 13.8 Å². The van der Waals surface area contributed by atoms with Gasteiger partial charge in [-0.2, -0.15) is 0 Å². The quantitative estimate of drug-likeness (QED) is 0.247. The van der Waals surface area contributed by atoms with Crippen molar-refractivity contribution in [2.45, 2.75) is 111 Å². The summed E-state index contributed by atoms with van der Waals surface area (Å²) >= 11 is 0. The first-order valence-corrected chi connectivity index (χ1v) is 18.0. The topological polar surface area (TPSA) is 56.8 Å². The normalized spacial score (nSPS) is 29.7. The third-order valence-electron chi connectivity index (χ3n) is 9.94. The van der Waals surface area contributed by atoms with Gasteiger partial charge in [-0.25, -0.2) is 0 Å². The minimum Gasteiger partial charge on any atom is -0.497 e. The van der Waals surface area contributed by atoms with Crippen molar-refractivity contribution in [1.82, 2.24) is 5.32 Å². The van der Waals surface area contributed by atoms with E-state index >= 15 is 4.57 Å². The van der Waals surface area contributed by atoms with Gasteiger partial charge in [-0.1, -0.05) is 96.8 Å². The summed E-state index contributed by atoms with van der Waals surface area (Å²) in [6.45, 7) is 15.8. The Balaban J connectivity index is 1.79. The third-order valence-corrected chi connectivity index (χ3v) is 12.2. The zero-order valence-electron chi connectivity index (χ0n) is 27.3. The molecule has 0 amide bonds. The average molecular weight is 598 g/mol. The molecule has 0 aromatic heterocycles. The maximum atomic E-state index is 15.8. The summed E-state index contributed by atoms with van der Waals surface area (Å²) in [6, 6.07) is 18.2. The molecule has 2 fully saturated rings. The number of benzene rings is 2. The number of methoxy groups -OCH3 is 1. The smallest absolute Gasteiger partial charge is 0.352 e. The molecule has 1 N–H and O–H groups in total. The molecule has 2 saturated carbocycles. The van der Waals surface area contributed by atoms with E-state index in [1.54, 1.807) is 7.11 Å². The van der Waals surface area contributed by atoms with E-state index in [-0.39, 0.29) is 18.2 Å². The fourth-order valence-corrected chi connectivity index (χ4v) is 9.70. The van der Waals surface area contributed by atoms with E-state index in [1.165, 1.54) is 12.8 Å². The van der Waals surface area contributed by atoms with Gasteiger partial charge in [-0.05, 0) is 91.4 Å². The van der Waals surface area contributed by atoms with Gasteiger partial charge in [0, 0.05) is 6.04 Å². The fraction of sp³-hybridized carbons (Fsp3) is 0.667. The van der Waals surface area contributed by atoms with Crippen LogP contribution in [0.1, 0.15) is 110 Å². The van der Waals surface area contributed by atoms with Crippen molar-refractivity contribution in [3.63, 3.8) is 0 Å². The summed E-state index contributed by atoms with van der Waals surface area (Å²) in [4.78, 5) is 0. The van der Waals surface area contributed by atoms with Crippen LogP contribution >= 0.6 is 7.60 Å². The van der Waals surface area contributed by atoms with Crippen LogP contribution in [0.5, 0.6) is 5.75 Å². The minimum atomic E-state index is -3.75. The van der Waals surface area contributed by atoms with Crippen molar-refractivity contribution in [3.8, 4) is 5.75 Å². The number of hydrogen-bond donors (Lipinski definition) is 1. The molecule has 4 rings (SSSR count). The molecule has 0 bridgehead atoms. The highest BCUT2D eigenvalue weighted by Crippen LogP contribution is 2.65. The summed E-state index contributed by atoms with van der Waals surface area (Å²) < 4.78 is 35.3. The lowest BCUT2D eigenvalue weighted by atomic mass is 9.75. The van der Waals surface area contributed by atoms with Gasteiger partial charge in [0.15, 0.2) is 0 Å². The number of ether oxygens (including phenoxy) is 1. The molecule has 0 spiro atoms. The van der Waals surface area contributed by atoms with Gasteiger partial charge in [0.2, 0.25) is 0 Å². The molecule has 234 valence electrons. The molecule has 2 aromatic rings. The Hall–Kier alpha value is -1.65. The van der Waals surface area contributed by atoms with Crippen LogP contribution < -0.4 is 10.1 Å². The van der Waals surface area contributed by atoms with Crippen molar-refractivity contribution >= 4 is 7.60 Å². The Labute approximate surface area is 256 Å². The van der Waals surface area contributed by atoms with Crippen molar-refractivity contribution in [1.29, 1.82) is 0 Å². The van der Waals surface area contributed by atoms with Gasteiger partial charge in [-0.3, -0.25) is 9.88 Å². The van der Waals surface area contributed by atoms with Crippen LogP contribution in [0.25, 0.3) is 0 Å². The molecular formula is C36H56NO4P. The first kappa shape index (κ1) is 33.2. The number of hydrogen-bond acceptors (Lipinski definition) is 5. The molecule has 0 aliphatic heterocycles. The molecule has 8 atom stereocenters. The molecule has 8 unspecified atom stereocenters. The molecule has 2 aliphatic rings. The van der Waals surface area contributed by atoms with E-state index in [4.69, 9.17) is 13.8 Å². The van der Waals surface area contributed by atoms with Crippen LogP contribution in [0.2, 0.25) is 0 Å². The van der Waals surface area contributed by atoms with Crippen LogP contribution in [-0.2, 0) is 13.6 Å². The fourth-order valence-electron chi connectivity index (χ4n) is 7.23. The maximum absolute atomic E-state index is 15.8. The summed E-state index contributed by atoms with van der Waals surface area (Å²) in [5.41, 5.74) is 2.04. The molecular weight excluding hydrogens is 541 g/mol. The maximum Gasteiger partial charge on any atom is 0.352 e. The lowest BCUT2D eigenvalue weighted by Crippen LogP contribution is -2.38. The van der Waals surface area contributed by atoms with Gasteiger partial charge in [0.05, 0.1) is 19.3 Å². The lowest BCUT2D eigenvalue weighted by Gasteiger charge is -2.44. The summed E-state index contributed by atoms with van der Waals surface area (Å²) in [6.07, 6.45) is 6.19. The Morgan fingerprint density at radius 1 is 0.714 bits per heavy atom. The predicted octanol–water partition coefficient (Wildman–Crippen LogP) is 10.2. The van der Waals surface area contributed by atoms with E-state index in [0.717, 1.165) is 42.6 Å². The Morgan fingerprint density at radius 2 is 1.21 bits per heavy atom. The zero-order chi connectivity index (χ0) is 30.4. The standard InChI is InChI=1S/C36H56NO4P/c1-24(2)32-20-14-26(5)22-34(32)40-42(38,41-35-23-27(6)15-21-33(35)25(3)4)36(30-16-18-31(39-8)19-17-30)37-28(7)29-12-10-9-11-13-29/h9-13,16-19,24-28,32-37H,14-15,20-23H2,1-8H3. The van der Waals surface area contributed by atoms with Gasteiger partial charge >= 0.3 is 7.60 Å². The highest BCUT2D eigenvalue weighted by atomic mass is 31.2. The van der Waals surface area contributed by atoms with E-state index in [9.17, 15) is 0 Å². The predicted molar refractivity (Wildman–Crippen MR) is 174 cm³/mol. The van der Waals surface area contributed by atoms with Crippen LogP contribution in [0.4, 0.5) is 0 Å². The Bertz CT molecular complexity index is 1100. The van der Waals surface area contributed by atoms with E-state index in [1.807, 2.05) is 30.3 Å². The minimum absolute atomic E-state index is 0.0591. The second-order valence-corrected chi connectivity index (χ2v) is 16.0. The molecule has 42 heavy (non-hydrogen) atoms. The third kappa shape index (κ3) is 8.29. The van der Waals surface area contributed by atoms with Crippen molar-refractivity contribution in [3.05, 3.63) is 65.7 Å². The van der Waals surface area contributed by atoms with Crippen LogP contribution in [0.3, 0.4) is 0 Å². The van der Waals surface area contributed by atoms with E-state index in [2.05, 4.69) is 78.0 Å². The van der Waals surface area contributed by atoms with Crippen LogP contribution in [0.15, 0.2) is 54.6 Å². The summed E-state index contributed by atoms with van der Waals surface area (Å²) in [5, 5.41) is 3.76. The first-order valence-electron chi connectivity index (χ1n) is 16.4. The highest BCUT2D eigenvalue weighted by Gasteiger charge is 2.47. The molecule has 2 aromatic carbocycles. The SMILES string of the molecule is COc1ccc(C(NC(C)c2ccccc2)P(=O)(OC2CC(C)CCC2C(C)C)OC2CC(C)CCC2C(C)C)cc1. The van der Waals surface area contributed by atoms with Crippen LogP contribution in [0, 0.1) is 35.5 Å². The van der Waals surface area contributed by atoms with E-state index < -0.39 is 13.4 Å². The second-order valence-electron chi connectivity index (χ2n) is 14.0. The van der Waals surface area contributed by atoms with Crippen molar-refractivity contribution in [2.24, 2.45) is 35.5 Å². The zero-order valence-corrected chi connectivity index (χ0v) is 28.2. The summed E-state index contributed by atoms with van der Waals surface area (Å²) in [7, 11) is -2.07. The molecule has 6 heteroatoms. The van der Waals surface area contributed by atoms with Gasteiger partial charge in [0.1, 0.15) is 11.5 Å². The first-order chi connectivity index (χ1) is 20.0. The Kier molecular flexibility index (Phi) is 11.8. The largest absolute Gasteiger partial charge is 0.497 e. The van der Waals surface area contributed by atoms with Crippen LogP contribution in [-0.4, -0.2) is 19.3 Å². The monoisotopic (exact) mass is 597 g/mol. The highest BCUT2D eigenvalue weighted by molar-refractivity contribution is 7.54. The second kappa shape index (κ2) is 14.9. The molecule has 2 aliphatic carbocycles. The van der Waals surface area contributed by atoms with Crippen molar-refractivity contribution in [2.75, 3.05) is 7.11 Å². The lowest BCUT2D eigenvalue weighted by molar-refractivity contribution is -0.00718. The molecule has 0 heterocycles. The number of rotatable bonds is 12. The van der Waals surface area contributed by atoms with Gasteiger partial charge in [0.25, 0.3) is 0 Å². The molecule has 5 nitrogen and oxygen atoms in total. The average Bonchev–Trinajstić information content (AvgIpc) is 2.96. The molecule has 0 saturated heterocycles. The number of nitrogens with one attached hydrogen (secondary N) is 1. The summed E-state index contributed by atoms with van der Waals surface area (Å²) in [5.74, 6) is 2.83.